The molecule has 100 valence electrons. The summed E-state index contributed by atoms with van der Waals surface area (Å²) < 4.78 is 1.04. The molecule has 1 aromatic carbocycles. The average molecular weight is 314 g/mol. The Morgan fingerprint density at radius 3 is 2.50 bits per heavy atom. The average Bonchev–Trinajstić information content (AvgIpc) is 2.40. The van der Waals surface area contributed by atoms with Crippen LogP contribution in [0.15, 0.2) is 28.7 Å². The summed E-state index contributed by atoms with van der Waals surface area (Å²) in [6.45, 7) is 3.67. The van der Waals surface area contributed by atoms with Crippen LogP contribution in [0, 0.1) is 0 Å². The Morgan fingerprint density at radius 2 is 2.06 bits per heavy atom. The molecule has 4 nitrogen and oxygen atoms in total. The molecule has 0 radical (unpaired) electrons. The fraction of sp³-hybridized carbons (Fsp3) is 0.462. The highest BCUT2D eigenvalue weighted by atomic mass is 79.9. The van der Waals surface area contributed by atoms with Gasteiger partial charge in [0.25, 0.3) is 0 Å². The quantitative estimate of drug-likeness (QED) is 0.837. The van der Waals surface area contributed by atoms with Crippen LogP contribution in [0.4, 0.5) is 0 Å². The Kier molecular flexibility index (Phi) is 6.32. The summed E-state index contributed by atoms with van der Waals surface area (Å²) in [5, 5.41) is 2.64. The molecule has 5 heteroatoms. The maximum atomic E-state index is 11.5. The molecule has 1 atom stereocenters. The number of carbonyl (C=O) groups is 1. The largest absolute Gasteiger partial charge is 0.358 e. The predicted octanol–water partition coefficient (Wildman–Crippen LogP) is 1.52. The van der Waals surface area contributed by atoms with Crippen molar-refractivity contribution in [2.45, 2.75) is 13.0 Å². The van der Waals surface area contributed by atoms with Crippen LogP contribution in [0.3, 0.4) is 0 Å². The van der Waals surface area contributed by atoms with Gasteiger partial charge < -0.3 is 11.1 Å². The van der Waals surface area contributed by atoms with Gasteiger partial charge in [0.1, 0.15) is 0 Å². The summed E-state index contributed by atoms with van der Waals surface area (Å²) in [5.74, 6) is 0.00686. The van der Waals surface area contributed by atoms with E-state index in [1.807, 2.05) is 31.2 Å². The first-order valence-electron chi connectivity index (χ1n) is 6.02. The van der Waals surface area contributed by atoms with Crippen molar-refractivity contribution in [3.63, 3.8) is 0 Å². The lowest BCUT2D eigenvalue weighted by Gasteiger charge is -2.29. The second-order valence-corrected chi connectivity index (χ2v) is 4.95. The SMILES string of the molecule is CCN(CC(=O)NC)C(CN)c1ccc(Br)cc1. The molecule has 0 heterocycles. The van der Waals surface area contributed by atoms with Crippen molar-refractivity contribution in [3.8, 4) is 0 Å². The standard InChI is InChI=1S/C13H20BrN3O/c1-3-17(9-13(18)16-2)12(8-15)10-4-6-11(14)7-5-10/h4-7,12H,3,8-9,15H2,1-2H3,(H,16,18). The van der Waals surface area contributed by atoms with E-state index < -0.39 is 0 Å². The van der Waals surface area contributed by atoms with Crippen LogP contribution >= 0.6 is 15.9 Å². The Bertz CT molecular complexity index is 380. The summed E-state index contributed by atoms with van der Waals surface area (Å²) in [5.41, 5.74) is 6.98. The van der Waals surface area contributed by atoms with Crippen LogP contribution < -0.4 is 11.1 Å². The van der Waals surface area contributed by atoms with Crippen LogP contribution in [0.1, 0.15) is 18.5 Å². The molecule has 18 heavy (non-hydrogen) atoms. The third-order valence-electron chi connectivity index (χ3n) is 2.95. The minimum absolute atomic E-state index is 0.00686. The normalized spacial score (nSPS) is 12.5. The van der Waals surface area contributed by atoms with Gasteiger partial charge in [-0.15, -0.1) is 0 Å². The van der Waals surface area contributed by atoms with Crippen LogP contribution in [0.25, 0.3) is 0 Å². The lowest BCUT2D eigenvalue weighted by molar-refractivity contribution is -0.122. The molecule has 0 saturated carbocycles. The van der Waals surface area contributed by atoms with Crippen LogP contribution in [-0.2, 0) is 4.79 Å². The van der Waals surface area contributed by atoms with Gasteiger partial charge in [0, 0.05) is 24.1 Å². The van der Waals surface area contributed by atoms with Gasteiger partial charge in [-0.3, -0.25) is 9.69 Å². The molecule has 1 aromatic rings. The molecule has 0 fully saturated rings. The second kappa shape index (κ2) is 7.51. The maximum Gasteiger partial charge on any atom is 0.233 e. The molecular weight excluding hydrogens is 294 g/mol. The first kappa shape index (κ1) is 15.1. The topological polar surface area (TPSA) is 58.4 Å². The van der Waals surface area contributed by atoms with Crippen LogP contribution in [0.5, 0.6) is 0 Å². The third-order valence-corrected chi connectivity index (χ3v) is 3.48. The summed E-state index contributed by atoms with van der Waals surface area (Å²) in [6.07, 6.45) is 0. The van der Waals surface area contributed by atoms with Crippen molar-refractivity contribution >= 4 is 21.8 Å². The van der Waals surface area contributed by atoms with Gasteiger partial charge in [-0.05, 0) is 24.2 Å². The zero-order valence-electron chi connectivity index (χ0n) is 10.8. The Morgan fingerprint density at radius 1 is 1.44 bits per heavy atom. The Balaban J connectivity index is 2.85. The van der Waals surface area contributed by atoms with E-state index in [9.17, 15) is 4.79 Å². The molecule has 0 aliphatic heterocycles. The Hall–Kier alpha value is -0.910. The molecule has 0 spiro atoms. The minimum Gasteiger partial charge on any atom is -0.358 e. The van der Waals surface area contributed by atoms with Gasteiger partial charge in [-0.1, -0.05) is 35.0 Å². The number of rotatable bonds is 6. The molecule has 0 aliphatic rings. The smallest absolute Gasteiger partial charge is 0.233 e. The molecule has 1 amide bonds. The number of carbonyl (C=O) groups excluding carboxylic acids is 1. The molecule has 0 aliphatic carbocycles. The number of nitrogens with one attached hydrogen (secondary N) is 1. The molecule has 0 aromatic heterocycles. The first-order chi connectivity index (χ1) is 8.62. The number of likely N-dealkylation sites (N-methyl/N-ethyl adjacent to an activating group) is 2. The van der Waals surface area contributed by atoms with E-state index in [2.05, 4.69) is 26.1 Å². The van der Waals surface area contributed by atoms with Crippen LogP contribution in [0.2, 0.25) is 0 Å². The molecular formula is C13H20BrN3O. The molecule has 1 rings (SSSR count). The van der Waals surface area contributed by atoms with Crippen molar-refractivity contribution < 1.29 is 4.79 Å². The van der Waals surface area contributed by atoms with E-state index in [1.165, 1.54) is 0 Å². The number of nitrogens with two attached hydrogens (primary N) is 1. The van der Waals surface area contributed by atoms with E-state index in [0.29, 0.717) is 13.1 Å². The Labute approximate surface area is 117 Å². The zero-order chi connectivity index (χ0) is 13.5. The van der Waals surface area contributed by atoms with Gasteiger partial charge in [0.15, 0.2) is 0 Å². The lowest BCUT2D eigenvalue weighted by Crippen LogP contribution is -2.40. The molecule has 3 N–H and O–H groups in total. The number of nitrogens with zero attached hydrogens (tertiary/aromatic N) is 1. The van der Waals surface area contributed by atoms with Gasteiger partial charge in [-0.2, -0.15) is 0 Å². The predicted molar refractivity (Wildman–Crippen MR) is 77.3 cm³/mol. The number of hydrogen-bond donors (Lipinski definition) is 2. The molecule has 0 saturated heterocycles. The van der Waals surface area contributed by atoms with Crippen molar-refractivity contribution in [1.29, 1.82) is 0 Å². The van der Waals surface area contributed by atoms with E-state index in [0.717, 1.165) is 16.6 Å². The van der Waals surface area contributed by atoms with Crippen LogP contribution in [-0.4, -0.2) is 37.5 Å². The third kappa shape index (κ3) is 4.08. The zero-order valence-corrected chi connectivity index (χ0v) is 12.4. The summed E-state index contributed by atoms with van der Waals surface area (Å²) in [4.78, 5) is 13.6. The minimum atomic E-state index is 0.00686. The van der Waals surface area contributed by atoms with Gasteiger partial charge >= 0.3 is 0 Å². The number of benzene rings is 1. The van der Waals surface area contributed by atoms with E-state index in [4.69, 9.17) is 5.73 Å². The number of halogens is 1. The summed E-state index contributed by atoms with van der Waals surface area (Å²) >= 11 is 3.41. The van der Waals surface area contributed by atoms with Crippen molar-refractivity contribution in [1.82, 2.24) is 10.2 Å². The van der Waals surface area contributed by atoms with Gasteiger partial charge in [0.05, 0.1) is 6.54 Å². The number of hydrogen-bond acceptors (Lipinski definition) is 3. The summed E-state index contributed by atoms with van der Waals surface area (Å²) in [6, 6.07) is 8.13. The lowest BCUT2D eigenvalue weighted by atomic mass is 10.1. The highest BCUT2D eigenvalue weighted by Crippen LogP contribution is 2.21. The monoisotopic (exact) mass is 313 g/mol. The van der Waals surface area contributed by atoms with E-state index >= 15 is 0 Å². The van der Waals surface area contributed by atoms with E-state index in [-0.39, 0.29) is 11.9 Å². The van der Waals surface area contributed by atoms with Gasteiger partial charge in [-0.25, -0.2) is 0 Å². The van der Waals surface area contributed by atoms with Crippen molar-refractivity contribution in [2.24, 2.45) is 5.73 Å². The first-order valence-corrected chi connectivity index (χ1v) is 6.81. The molecule has 0 bridgehead atoms. The van der Waals surface area contributed by atoms with Crippen molar-refractivity contribution in [3.05, 3.63) is 34.3 Å². The summed E-state index contributed by atoms with van der Waals surface area (Å²) in [7, 11) is 1.65. The van der Waals surface area contributed by atoms with Crippen molar-refractivity contribution in [2.75, 3.05) is 26.7 Å². The molecule has 1 unspecified atom stereocenters. The van der Waals surface area contributed by atoms with Gasteiger partial charge in [0.2, 0.25) is 5.91 Å². The number of amides is 1. The highest BCUT2D eigenvalue weighted by molar-refractivity contribution is 9.10. The van der Waals surface area contributed by atoms with E-state index in [1.54, 1.807) is 7.05 Å². The second-order valence-electron chi connectivity index (χ2n) is 4.04. The highest BCUT2D eigenvalue weighted by Gasteiger charge is 2.19. The maximum absolute atomic E-state index is 11.5. The fourth-order valence-electron chi connectivity index (χ4n) is 1.89. The fourth-order valence-corrected chi connectivity index (χ4v) is 2.15.